The summed E-state index contributed by atoms with van der Waals surface area (Å²) in [6.45, 7) is 5.67. The smallest absolute Gasteiger partial charge is 0.278 e. The number of benzene rings is 1. The van der Waals surface area contributed by atoms with Crippen molar-refractivity contribution in [2.24, 2.45) is 0 Å². The molecule has 8 nitrogen and oxygen atoms in total. The summed E-state index contributed by atoms with van der Waals surface area (Å²) in [7, 11) is 0. The second kappa shape index (κ2) is 8.53. The molecule has 148 valence electrons. The molecule has 0 spiro atoms. The maximum atomic E-state index is 12.7. The number of aryl methyl sites for hydroxylation is 1. The van der Waals surface area contributed by atoms with E-state index in [0.29, 0.717) is 17.3 Å². The van der Waals surface area contributed by atoms with Gasteiger partial charge in [-0.15, -0.1) is 17.5 Å². The minimum atomic E-state index is -0.270. The molecule has 0 aliphatic carbocycles. The fraction of sp³-hybridized carbons (Fsp3) is 0.368. The van der Waals surface area contributed by atoms with E-state index in [2.05, 4.69) is 25.9 Å². The highest BCUT2D eigenvalue weighted by Crippen LogP contribution is 2.23. The number of nitrogens with one attached hydrogen (secondary N) is 2. The Labute approximate surface area is 169 Å². The van der Waals surface area contributed by atoms with Crippen molar-refractivity contribution >= 4 is 24.0 Å². The van der Waals surface area contributed by atoms with Crippen molar-refractivity contribution in [1.29, 1.82) is 0 Å². The molecule has 1 aromatic carbocycles. The minimum Gasteiger partial charge on any atom is -0.444 e. The highest BCUT2D eigenvalue weighted by atomic mass is 35.5. The van der Waals surface area contributed by atoms with E-state index in [9.17, 15) is 4.79 Å². The van der Waals surface area contributed by atoms with Gasteiger partial charge in [0.05, 0.1) is 17.4 Å². The number of halogens is 1. The predicted octanol–water partition coefficient (Wildman–Crippen LogP) is 3.15. The zero-order valence-electron chi connectivity index (χ0n) is 15.8. The van der Waals surface area contributed by atoms with Gasteiger partial charge in [-0.25, -0.2) is 9.67 Å². The lowest BCUT2D eigenvalue weighted by Crippen LogP contribution is -2.30. The number of aromatic nitrogens is 4. The van der Waals surface area contributed by atoms with Crippen LogP contribution in [0.25, 0.3) is 11.5 Å². The van der Waals surface area contributed by atoms with Gasteiger partial charge in [0.2, 0.25) is 5.89 Å². The molecule has 1 saturated heterocycles. The first-order valence-corrected chi connectivity index (χ1v) is 9.08. The third kappa shape index (κ3) is 4.07. The van der Waals surface area contributed by atoms with Gasteiger partial charge in [-0.2, -0.15) is 0 Å². The van der Waals surface area contributed by atoms with Gasteiger partial charge < -0.3 is 15.1 Å². The molecule has 28 heavy (non-hydrogen) atoms. The van der Waals surface area contributed by atoms with E-state index in [0.717, 1.165) is 42.9 Å². The molecule has 2 aromatic heterocycles. The summed E-state index contributed by atoms with van der Waals surface area (Å²) in [4.78, 5) is 17.0. The summed E-state index contributed by atoms with van der Waals surface area (Å²) in [5, 5.41) is 14.6. The van der Waals surface area contributed by atoms with Crippen molar-refractivity contribution in [3.63, 3.8) is 0 Å². The maximum absolute atomic E-state index is 12.7. The van der Waals surface area contributed by atoms with Crippen molar-refractivity contribution in [2.45, 2.75) is 32.7 Å². The molecule has 1 aliphatic heterocycles. The first-order valence-electron chi connectivity index (χ1n) is 9.08. The van der Waals surface area contributed by atoms with Crippen molar-refractivity contribution in [1.82, 2.24) is 25.3 Å². The van der Waals surface area contributed by atoms with Crippen LogP contribution in [0.1, 0.15) is 40.8 Å². The number of oxazole rings is 1. The molecule has 0 radical (unpaired) electrons. The summed E-state index contributed by atoms with van der Waals surface area (Å²) in [6.07, 6.45) is 3.58. The Morgan fingerprint density at radius 2 is 2.07 bits per heavy atom. The molecule has 3 heterocycles. The number of hydrogen-bond donors (Lipinski definition) is 2. The number of carbonyl (C=O) groups is 1. The van der Waals surface area contributed by atoms with E-state index >= 15 is 0 Å². The molecule has 1 fully saturated rings. The first kappa shape index (κ1) is 20.0. The largest absolute Gasteiger partial charge is 0.444 e. The fourth-order valence-corrected chi connectivity index (χ4v) is 3.36. The molecule has 0 bridgehead atoms. The van der Waals surface area contributed by atoms with E-state index in [-0.39, 0.29) is 24.4 Å². The van der Waals surface area contributed by atoms with E-state index in [1.807, 2.05) is 42.8 Å². The molecule has 0 unspecified atom stereocenters. The molecule has 1 amide bonds. The lowest BCUT2D eigenvalue weighted by atomic mass is 10.1. The van der Waals surface area contributed by atoms with Gasteiger partial charge >= 0.3 is 0 Å². The van der Waals surface area contributed by atoms with E-state index in [1.54, 1.807) is 6.26 Å². The van der Waals surface area contributed by atoms with Gasteiger partial charge in [0.25, 0.3) is 5.91 Å². The highest BCUT2D eigenvalue weighted by molar-refractivity contribution is 6.03. The van der Waals surface area contributed by atoms with Gasteiger partial charge in [0.15, 0.2) is 5.69 Å². The Balaban J connectivity index is 0.00000225. The van der Waals surface area contributed by atoms with Crippen molar-refractivity contribution < 1.29 is 9.21 Å². The van der Waals surface area contributed by atoms with Crippen molar-refractivity contribution in [3.8, 4) is 11.5 Å². The summed E-state index contributed by atoms with van der Waals surface area (Å²) in [6, 6.07) is 7.68. The van der Waals surface area contributed by atoms with Gasteiger partial charge in [-0.1, -0.05) is 11.3 Å². The molecule has 4 rings (SSSR count). The lowest BCUT2D eigenvalue weighted by molar-refractivity contribution is 0.102. The molecule has 3 aromatic rings. The molecular weight excluding hydrogens is 380 g/mol. The summed E-state index contributed by atoms with van der Waals surface area (Å²) in [5.74, 6) is 0.255. The minimum absolute atomic E-state index is 0. The van der Waals surface area contributed by atoms with Gasteiger partial charge in [0, 0.05) is 11.3 Å². The van der Waals surface area contributed by atoms with Crippen LogP contribution in [0.3, 0.4) is 0 Å². The Bertz CT molecular complexity index is 961. The Hall–Kier alpha value is -2.71. The molecule has 0 atom stereocenters. The van der Waals surface area contributed by atoms with Crippen molar-refractivity contribution in [3.05, 3.63) is 47.6 Å². The van der Waals surface area contributed by atoms with E-state index in [4.69, 9.17) is 4.42 Å². The molecule has 2 N–H and O–H groups in total. The van der Waals surface area contributed by atoms with Gasteiger partial charge in [-0.05, 0) is 58.0 Å². The average molecular weight is 403 g/mol. The Morgan fingerprint density at radius 3 is 2.79 bits per heavy atom. The van der Waals surface area contributed by atoms with Crippen LogP contribution in [-0.2, 0) is 0 Å². The Kier molecular flexibility index (Phi) is 6.11. The number of carbonyl (C=O) groups excluding carboxylic acids is 1. The summed E-state index contributed by atoms with van der Waals surface area (Å²) < 4.78 is 7.31. The van der Waals surface area contributed by atoms with Crippen LogP contribution in [0.5, 0.6) is 0 Å². The van der Waals surface area contributed by atoms with Crippen LogP contribution in [0, 0.1) is 13.8 Å². The SMILES string of the molecule is Cc1coc(-c2cccc(NC(=O)c3nnn(C4CCNCC4)c3C)c2)n1.Cl. The number of amides is 1. The van der Waals surface area contributed by atoms with Gasteiger partial charge in [-0.3, -0.25) is 4.79 Å². The number of rotatable bonds is 4. The summed E-state index contributed by atoms with van der Waals surface area (Å²) in [5.41, 5.74) is 3.41. The maximum Gasteiger partial charge on any atom is 0.278 e. The summed E-state index contributed by atoms with van der Waals surface area (Å²) >= 11 is 0. The zero-order valence-corrected chi connectivity index (χ0v) is 16.6. The van der Waals surface area contributed by atoms with Crippen LogP contribution >= 0.6 is 12.4 Å². The Morgan fingerprint density at radius 1 is 1.29 bits per heavy atom. The van der Waals surface area contributed by atoms with Crippen LogP contribution in [-0.4, -0.2) is 39.0 Å². The average Bonchev–Trinajstić information content (AvgIpc) is 3.28. The quantitative estimate of drug-likeness (QED) is 0.695. The van der Waals surface area contributed by atoms with Crippen LogP contribution in [0.15, 0.2) is 34.9 Å². The standard InChI is InChI=1S/C19H22N6O2.ClH/c1-12-11-27-19(21-12)14-4-3-5-15(10-14)22-18(26)17-13(2)25(24-23-17)16-6-8-20-9-7-16;/h3-5,10-11,16,20H,6-9H2,1-2H3,(H,22,26);1H. The molecular formula is C19H23ClN6O2. The predicted molar refractivity (Wildman–Crippen MR) is 108 cm³/mol. The third-order valence-electron chi connectivity index (χ3n) is 4.78. The van der Waals surface area contributed by atoms with Gasteiger partial charge in [0.1, 0.15) is 6.26 Å². The first-order chi connectivity index (χ1) is 13.1. The molecule has 9 heteroatoms. The highest BCUT2D eigenvalue weighted by Gasteiger charge is 2.23. The second-order valence-electron chi connectivity index (χ2n) is 6.78. The fourth-order valence-electron chi connectivity index (χ4n) is 3.36. The van der Waals surface area contributed by atoms with Crippen LogP contribution in [0.4, 0.5) is 5.69 Å². The topological polar surface area (TPSA) is 97.9 Å². The third-order valence-corrected chi connectivity index (χ3v) is 4.78. The number of nitrogens with zero attached hydrogens (tertiary/aromatic N) is 4. The normalized spacial score (nSPS) is 14.5. The number of piperidine rings is 1. The van der Waals surface area contributed by atoms with E-state index in [1.165, 1.54) is 0 Å². The monoisotopic (exact) mass is 402 g/mol. The second-order valence-corrected chi connectivity index (χ2v) is 6.78. The number of hydrogen-bond acceptors (Lipinski definition) is 6. The zero-order chi connectivity index (χ0) is 18.8. The number of anilines is 1. The van der Waals surface area contributed by atoms with E-state index < -0.39 is 0 Å². The molecule has 1 aliphatic rings. The van der Waals surface area contributed by atoms with Crippen LogP contribution in [0.2, 0.25) is 0 Å². The van der Waals surface area contributed by atoms with Crippen LogP contribution < -0.4 is 10.6 Å². The lowest BCUT2D eigenvalue weighted by Gasteiger charge is -2.23. The molecule has 0 saturated carbocycles. The van der Waals surface area contributed by atoms with Crippen molar-refractivity contribution in [2.75, 3.05) is 18.4 Å².